The van der Waals surface area contributed by atoms with Gasteiger partial charge in [-0.3, -0.25) is 4.90 Å². The van der Waals surface area contributed by atoms with Gasteiger partial charge in [-0.05, 0) is 43.5 Å². The van der Waals surface area contributed by atoms with Crippen LogP contribution in [-0.2, 0) is 17.8 Å². The third-order valence-corrected chi connectivity index (χ3v) is 3.60. The molecule has 1 saturated heterocycles. The first-order valence-electron chi connectivity index (χ1n) is 6.68. The maximum absolute atomic E-state index is 10.7. The fourth-order valence-corrected chi connectivity index (χ4v) is 2.53. The van der Waals surface area contributed by atoms with E-state index in [4.69, 9.17) is 0 Å². The lowest BCUT2D eigenvalue weighted by atomic mass is 9.98. The van der Waals surface area contributed by atoms with E-state index in [1.807, 2.05) is 6.08 Å². The van der Waals surface area contributed by atoms with Crippen LogP contribution in [0.1, 0.15) is 24.0 Å². The molecule has 1 aromatic rings. The van der Waals surface area contributed by atoms with Crippen LogP contribution < -0.4 is 0 Å². The summed E-state index contributed by atoms with van der Waals surface area (Å²) in [7, 11) is 0. The molecule has 0 bridgehead atoms. The van der Waals surface area contributed by atoms with Gasteiger partial charge in [0.15, 0.2) is 0 Å². The van der Waals surface area contributed by atoms with E-state index in [9.17, 15) is 4.79 Å². The van der Waals surface area contributed by atoms with Crippen LogP contribution in [0.4, 0.5) is 0 Å². The van der Waals surface area contributed by atoms with Gasteiger partial charge in [-0.15, -0.1) is 6.58 Å². The van der Waals surface area contributed by atoms with E-state index in [-0.39, 0.29) is 5.92 Å². The largest absolute Gasteiger partial charge is 0.303 e. The Morgan fingerprint density at radius 2 is 2.00 bits per heavy atom. The number of hydrogen-bond acceptors (Lipinski definition) is 2. The molecule has 0 radical (unpaired) electrons. The summed E-state index contributed by atoms with van der Waals surface area (Å²) in [6, 6.07) is 8.70. The molecule has 0 spiro atoms. The molecular weight excluding hydrogens is 222 g/mol. The zero-order valence-corrected chi connectivity index (χ0v) is 10.8. The average molecular weight is 243 g/mol. The van der Waals surface area contributed by atoms with E-state index < -0.39 is 0 Å². The molecule has 1 aliphatic rings. The molecule has 2 nitrogen and oxygen atoms in total. The van der Waals surface area contributed by atoms with Crippen molar-refractivity contribution >= 4 is 6.29 Å². The number of nitrogens with zero attached hydrogens (tertiary/aromatic N) is 1. The molecule has 1 aliphatic heterocycles. The summed E-state index contributed by atoms with van der Waals surface area (Å²) in [4.78, 5) is 13.2. The highest BCUT2D eigenvalue weighted by molar-refractivity contribution is 5.53. The fourth-order valence-electron chi connectivity index (χ4n) is 2.53. The van der Waals surface area contributed by atoms with Crippen LogP contribution >= 0.6 is 0 Å². The molecule has 0 aromatic heterocycles. The molecule has 0 saturated carbocycles. The molecule has 2 rings (SSSR count). The van der Waals surface area contributed by atoms with E-state index in [0.29, 0.717) is 0 Å². The number of carbonyl (C=O) groups excluding carboxylic acids is 1. The van der Waals surface area contributed by atoms with Crippen molar-refractivity contribution in [2.24, 2.45) is 5.92 Å². The Labute approximate surface area is 109 Å². The Bertz CT molecular complexity index is 405. The normalized spacial score (nSPS) is 17.6. The number of aldehydes is 1. The quantitative estimate of drug-likeness (QED) is 0.585. The molecule has 2 heteroatoms. The van der Waals surface area contributed by atoms with Crippen molar-refractivity contribution in [3.63, 3.8) is 0 Å². The van der Waals surface area contributed by atoms with Crippen molar-refractivity contribution in [3.8, 4) is 0 Å². The van der Waals surface area contributed by atoms with Gasteiger partial charge in [0.05, 0.1) is 0 Å². The summed E-state index contributed by atoms with van der Waals surface area (Å²) in [6.07, 6.45) is 6.00. The van der Waals surface area contributed by atoms with Crippen molar-refractivity contribution < 1.29 is 4.79 Å². The lowest BCUT2D eigenvalue weighted by Crippen LogP contribution is -2.33. The van der Waals surface area contributed by atoms with Gasteiger partial charge in [-0.1, -0.05) is 30.3 Å². The molecule has 1 fully saturated rings. The zero-order chi connectivity index (χ0) is 12.8. The summed E-state index contributed by atoms with van der Waals surface area (Å²) in [5, 5.41) is 0. The Kier molecular flexibility index (Phi) is 4.71. The number of allylic oxidation sites excluding steroid dienone is 1. The molecule has 96 valence electrons. The highest BCUT2D eigenvalue weighted by atomic mass is 16.1. The Hall–Kier alpha value is -1.41. The molecule has 1 heterocycles. The van der Waals surface area contributed by atoms with Gasteiger partial charge >= 0.3 is 0 Å². The van der Waals surface area contributed by atoms with Gasteiger partial charge in [0.2, 0.25) is 0 Å². The van der Waals surface area contributed by atoms with Crippen LogP contribution in [0.15, 0.2) is 36.9 Å². The average Bonchev–Trinajstić information content (AvgIpc) is 2.40. The van der Waals surface area contributed by atoms with E-state index in [1.54, 1.807) is 0 Å². The zero-order valence-electron chi connectivity index (χ0n) is 10.8. The Balaban J connectivity index is 1.91. The highest BCUT2D eigenvalue weighted by Crippen LogP contribution is 2.17. The second kappa shape index (κ2) is 6.50. The number of hydrogen-bond donors (Lipinski definition) is 0. The second-order valence-electron chi connectivity index (χ2n) is 5.06. The molecule has 0 amide bonds. The number of benzene rings is 1. The first-order chi connectivity index (χ1) is 8.81. The first kappa shape index (κ1) is 13.0. The Morgan fingerprint density at radius 1 is 1.28 bits per heavy atom. The van der Waals surface area contributed by atoms with Crippen molar-refractivity contribution in [2.75, 3.05) is 13.1 Å². The highest BCUT2D eigenvalue weighted by Gasteiger charge is 2.18. The van der Waals surface area contributed by atoms with Crippen molar-refractivity contribution in [2.45, 2.75) is 25.8 Å². The number of likely N-dealkylation sites (tertiary alicyclic amines) is 1. The SMILES string of the molecule is C=CCc1cccc(CN2CCC(C=O)CC2)c1. The lowest BCUT2D eigenvalue weighted by Gasteiger charge is -2.29. The van der Waals surface area contributed by atoms with E-state index in [2.05, 4.69) is 35.7 Å². The topological polar surface area (TPSA) is 20.3 Å². The molecule has 0 N–H and O–H groups in total. The van der Waals surface area contributed by atoms with Gasteiger partial charge in [0.25, 0.3) is 0 Å². The third-order valence-electron chi connectivity index (χ3n) is 3.60. The summed E-state index contributed by atoms with van der Waals surface area (Å²) in [5.41, 5.74) is 2.68. The predicted octanol–water partition coefficient (Wildman–Crippen LogP) is 2.83. The minimum absolute atomic E-state index is 0.286. The molecule has 1 aromatic carbocycles. The number of rotatable bonds is 5. The van der Waals surface area contributed by atoms with Crippen LogP contribution in [0.3, 0.4) is 0 Å². The molecule has 0 unspecified atom stereocenters. The van der Waals surface area contributed by atoms with E-state index >= 15 is 0 Å². The van der Waals surface area contributed by atoms with Crippen molar-refractivity contribution in [1.82, 2.24) is 4.90 Å². The smallest absolute Gasteiger partial charge is 0.123 e. The Morgan fingerprint density at radius 3 is 2.67 bits per heavy atom. The van der Waals surface area contributed by atoms with Gasteiger partial charge in [0, 0.05) is 12.5 Å². The number of carbonyl (C=O) groups is 1. The number of piperidine rings is 1. The monoisotopic (exact) mass is 243 g/mol. The first-order valence-corrected chi connectivity index (χ1v) is 6.68. The summed E-state index contributed by atoms with van der Waals surface area (Å²) in [6.45, 7) is 6.85. The van der Waals surface area contributed by atoms with Crippen molar-refractivity contribution in [1.29, 1.82) is 0 Å². The maximum Gasteiger partial charge on any atom is 0.123 e. The van der Waals surface area contributed by atoms with Crippen LogP contribution in [0.5, 0.6) is 0 Å². The minimum Gasteiger partial charge on any atom is -0.303 e. The van der Waals surface area contributed by atoms with E-state index in [1.165, 1.54) is 11.1 Å². The fraction of sp³-hybridized carbons (Fsp3) is 0.438. The van der Waals surface area contributed by atoms with Crippen molar-refractivity contribution in [3.05, 3.63) is 48.0 Å². The van der Waals surface area contributed by atoms with Gasteiger partial charge in [-0.2, -0.15) is 0 Å². The molecular formula is C16H21NO. The summed E-state index contributed by atoms with van der Waals surface area (Å²) < 4.78 is 0. The van der Waals surface area contributed by atoms with Crippen LogP contribution in [0.2, 0.25) is 0 Å². The standard InChI is InChI=1S/C16H21NO/c1-2-4-14-5-3-6-16(11-14)12-17-9-7-15(13-18)8-10-17/h2-3,5-6,11,13,15H,1,4,7-10,12H2. The van der Waals surface area contributed by atoms with Gasteiger partial charge in [0.1, 0.15) is 6.29 Å². The maximum atomic E-state index is 10.7. The lowest BCUT2D eigenvalue weighted by molar-refractivity contribution is -0.112. The molecule has 0 aliphatic carbocycles. The predicted molar refractivity (Wildman–Crippen MR) is 74.4 cm³/mol. The third kappa shape index (κ3) is 3.54. The summed E-state index contributed by atoms with van der Waals surface area (Å²) in [5.74, 6) is 0.286. The van der Waals surface area contributed by atoms with Crippen LogP contribution in [0.25, 0.3) is 0 Å². The molecule has 0 atom stereocenters. The van der Waals surface area contributed by atoms with E-state index in [0.717, 1.165) is 45.2 Å². The second-order valence-corrected chi connectivity index (χ2v) is 5.06. The van der Waals surface area contributed by atoms with Gasteiger partial charge in [-0.25, -0.2) is 0 Å². The molecule has 18 heavy (non-hydrogen) atoms. The van der Waals surface area contributed by atoms with Crippen LogP contribution in [0, 0.1) is 5.92 Å². The van der Waals surface area contributed by atoms with Gasteiger partial charge < -0.3 is 4.79 Å². The minimum atomic E-state index is 0.286. The van der Waals surface area contributed by atoms with Crippen LogP contribution in [-0.4, -0.2) is 24.3 Å². The summed E-state index contributed by atoms with van der Waals surface area (Å²) >= 11 is 0.